The van der Waals surface area contributed by atoms with Gasteiger partial charge >= 0.3 is 0 Å². The molecule has 0 radical (unpaired) electrons. The topological polar surface area (TPSA) is 89.0 Å². The lowest BCUT2D eigenvalue weighted by Crippen LogP contribution is -2.31. The molecule has 0 saturated carbocycles. The molecule has 164 valence electrons. The van der Waals surface area contributed by atoms with Crippen LogP contribution in [0.1, 0.15) is 44.5 Å². The maximum atomic E-state index is 12.9. The average Bonchev–Trinajstić information content (AvgIpc) is 3.02. The third-order valence-corrected chi connectivity index (χ3v) is 4.94. The van der Waals surface area contributed by atoms with E-state index in [4.69, 9.17) is 9.47 Å². The number of benzene rings is 1. The lowest BCUT2D eigenvalue weighted by Gasteiger charge is -2.24. The van der Waals surface area contributed by atoms with Gasteiger partial charge in [0.2, 0.25) is 0 Å². The molecule has 1 aliphatic rings. The van der Waals surface area contributed by atoms with Crippen LogP contribution in [-0.2, 0) is 14.3 Å². The Kier molecular flexibility index (Phi) is 7.41. The van der Waals surface area contributed by atoms with Gasteiger partial charge < -0.3 is 19.5 Å². The van der Waals surface area contributed by atoms with E-state index >= 15 is 0 Å². The van der Waals surface area contributed by atoms with Gasteiger partial charge in [-0.3, -0.25) is 14.6 Å². The van der Waals surface area contributed by atoms with E-state index in [9.17, 15) is 14.7 Å². The number of carbonyl (C=O) groups is 2. The number of hydrogen-bond donors (Lipinski definition) is 1. The van der Waals surface area contributed by atoms with Crippen molar-refractivity contribution < 1.29 is 24.2 Å². The fraction of sp³-hybridized carbons (Fsp3) is 0.375. The van der Waals surface area contributed by atoms with Crippen LogP contribution < -0.4 is 4.74 Å². The summed E-state index contributed by atoms with van der Waals surface area (Å²) in [7, 11) is 0. The zero-order valence-corrected chi connectivity index (χ0v) is 18.1. The summed E-state index contributed by atoms with van der Waals surface area (Å²) in [4.78, 5) is 31.6. The molecule has 7 heteroatoms. The number of ketones is 1. The number of rotatable bonds is 9. The maximum absolute atomic E-state index is 12.9. The summed E-state index contributed by atoms with van der Waals surface area (Å²) in [6.45, 7) is 7.08. The van der Waals surface area contributed by atoms with E-state index in [2.05, 4.69) is 4.98 Å². The van der Waals surface area contributed by atoms with Gasteiger partial charge in [-0.05, 0) is 63.6 Å². The number of aromatic nitrogens is 1. The first-order valence-electron chi connectivity index (χ1n) is 10.5. The fourth-order valence-corrected chi connectivity index (χ4v) is 3.54. The minimum atomic E-state index is -0.758. The van der Waals surface area contributed by atoms with Crippen LogP contribution in [0.3, 0.4) is 0 Å². The maximum Gasteiger partial charge on any atom is 0.295 e. The number of pyridine rings is 1. The first-order valence-corrected chi connectivity index (χ1v) is 10.5. The molecule has 1 aromatic heterocycles. The lowest BCUT2D eigenvalue weighted by atomic mass is 9.98. The normalized spacial score (nSPS) is 18.1. The standard InChI is InChI=1S/C24H28N2O5/c1-4-30-18-11-9-17(10-12-18)22(27)20-21(19-8-5-6-13-25-19)26(24(29)23(20)28)14-7-15-31-16(2)3/h5-6,8-13,16,21,27H,4,7,14-15H2,1-3H3/b22-20-. The van der Waals surface area contributed by atoms with Crippen molar-refractivity contribution in [2.45, 2.75) is 39.3 Å². The Bertz CT molecular complexity index is 938. The molecule has 1 saturated heterocycles. The van der Waals surface area contributed by atoms with E-state index in [1.54, 1.807) is 48.7 Å². The molecular formula is C24H28N2O5. The SMILES string of the molecule is CCOc1ccc(/C(O)=C2/C(=O)C(=O)N(CCCOC(C)C)C2c2ccccn2)cc1. The smallest absolute Gasteiger partial charge is 0.295 e. The molecule has 1 fully saturated rings. The molecule has 1 unspecified atom stereocenters. The Morgan fingerprint density at radius 3 is 2.52 bits per heavy atom. The molecule has 0 bridgehead atoms. The second-order valence-corrected chi connectivity index (χ2v) is 7.48. The van der Waals surface area contributed by atoms with Gasteiger partial charge in [-0.2, -0.15) is 0 Å². The second-order valence-electron chi connectivity index (χ2n) is 7.48. The van der Waals surface area contributed by atoms with Gasteiger partial charge in [0, 0.05) is 24.9 Å². The predicted molar refractivity (Wildman–Crippen MR) is 117 cm³/mol. The number of Topliss-reactive ketones (excluding diaryl/α,β-unsaturated/α-hetero) is 1. The molecular weight excluding hydrogens is 396 g/mol. The molecule has 31 heavy (non-hydrogen) atoms. The van der Waals surface area contributed by atoms with E-state index in [1.165, 1.54) is 4.90 Å². The molecule has 3 rings (SSSR count). The Labute approximate surface area is 182 Å². The minimum absolute atomic E-state index is 0.0395. The van der Waals surface area contributed by atoms with Crippen LogP contribution >= 0.6 is 0 Å². The summed E-state index contributed by atoms with van der Waals surface area (Å²) in [5, 5.41) is 11.0. The molecule has 1 N–H and O–H groups in total. The Morgan fingerprint density at radius 1 is 1.16 bits per heavy atom. The van der Waals surface area contributed by atoms with Crippen LogP contribution in [0.25, 0.3) is 5.76 Å². The van der Waals surface area contributed by atoms with Gasteiger partial charge in [-0.25, -0.2) is 0 Å². The van der Waals surface area contributed by atoms with E-state index < -0.39 is 17.7 Å². The van der Waals surface area contributed by atoms with Gasteiger partial charge in [-0.15, -0.1) is 0 Å². The minimum Gasteiger partial charge on any atom is -0.507 e. The number of likely N-dealkylation sites (tertiary alicyclic amines) is 1. The molecule has 1 aliphatic heterocycles. The summed E-state index contributed by atoms with van der Waals surface area (Å²) in [6.07, 6.45) is 2.26. The van der Waals surface area contributed by atoms with E-state index in [0.717, 1.165) is 0 Å². The monoisotopic (exact) mass is 424 g/mol. The molecule has 0 spiro atoms. The van der Waals surface area contributed by atoms with Crippen LogP contribution in [-0.4, -0.2) is 52.5 Å². The summed E-state index contributed by atoms with van der Waals surface area (Å²) in [5.74, 6) is -0.927. The lowest BCUT2D eigenvalue weighted by molar-refractivity contribution is -0.140. The van der Waals surface area contributed by atoms with E-state index in [1.807, 2.05) is 20.8 Å². The molecule has 0 aliphatic carbocycles. The number of nitrogens with zero attached hydrogens (tertiary/aromatic N) is 2. The predicted octanol–water partition coefficient (Wildman–Crippen LogP) is 3.72. The summed E-state index contributed by atoms with van der Waals surface area (Å²) in [6, 6.07) is 11.3. The zero-order valence-electron chi connectivity index (χ0n) is 18.1. The largest absolute Gasteiger partial charge is 0.507 e. The van der Waals surface area contributed by atoms with E-state index in [-0.39, 0.29) is 17.4 Å². The number of carbonyl (C=O) groups excluding carboxylic acids is 2. The van der Waals surface area contributed by atoms with E-state index in [0.29, 0.717) is 43.2 Å². The Balaban J connectivity index is 1.97. The van der Waals surface area contributed by atoms with Gasteiger partial charge in [0.25, 0.3) is 11.7 Å². The second kappa shape index (κ2) is 10.2. The van der Waals surface area contributed by atoms with Crippen molar-refractivity contribution in [3.63, 3.8) is 0 Å². The van der Waals surface area contributed by atoms with Crippen molar-refractivity contribution in [1.29, 1.82) is 0 Å². The summed E-state index contributed by atoms with van der Waals surface area (Å²) in [5.41, 5.74) is 1.00. The fourth-order valence-electron chi connectivity index (χ4n) is 3.54. The highest BCUT2D eigenvalue weighted by Crippen LogP contribution is 2.38. The molecule has 7 nitrogen and oxygen atoms in total. The number of aliphatic hydroxyl groups is 1. The van der Waals surface area contributed by atoms with Crippen LogP contribution in [0.15, 0.2) is 54.2 Å². The highest BCUT2D eigenvalue weighted by molar-refractivity contribution is 6.46. The molecule has 1 aromatic carbocycles. The number of hydrogen-bond acceptors (Lipinski definition) is 6. The van der Waals surface area contributed by atoms with Crippen LogP contribution in [0.2, 0.25) is 0 Å². The highest BCUT2D eigenvalue weighted by Gasteiger charge is 2.46. The highest BCUT2D eigenvalue weighted by atomic mass is 16.5. The van der Waals surface area contributed by atoms with Crippen LogP contribution in [0.5, 0.6) is 5.75 Å². The summed E-state index contributed by atoms with van der Waals surface area (Å²) >= 11 is 0. The molecule has 2 aromatic rings. The first-order chi connectivity index (χ1) is 14.9. The van der Waals surface area contributed by atoms with Crippen molar-refractivity contribution in [2.24, 2.45) is 0 Å². The van der Waals surface area contributed by atoms with Gasteiger partial charge in [0.05, 0.1) is 24.0 Å². The van der Waals surface area contributed by atoms with Crippen LogP contribution in [0.4, 0.5) is 0 Å². The number of aliphatic hydroxyl groups excluding tert-OH is 1. The average molecular weight is 424 g/mol. The number of ether oxygens (including phenoxy) is 2. The van der Waals surface area contributed by atoms with Crippen molar-refractivity contribution in [3.8, 4) is 5.75 Å². The quantitative estimate of drug-likeness (QED) is 0.286. The van der Waals surface area contributed by atoms with Gasteiger partial charge in [0.15, 0.2) is 0 Å². The Morgan fingerprint density at radius 2 is 1.90 bits per heavy atom. The van der Waals surface area contributed by atoms with Gasteiger partial charge in [0.1, 0.15) is 17.6 Å². The summed E-state index contributed by atoms with van der Waals surface area (Å²) < 4.78 is 11.0. The molecule has 2 heterocycles. The molecule has 1 atom stereocenters. The Hall–Kier alpha value is -3.19. The van der Waals surface area contributed by atoms with Crippen molar-refractivity contribution in [2.75, 3.05) is 19.8 Å². The van der Waals surface area contributed by atoms with Gasteiger partial charge in [-0.1, -0.05) is 6.07 Å². The zero-order chi connectivity index (χ0) is 22.4. The van der Waals surface area contributed by atoms with Crippen molar-refractivity contribution in [1.82, 2.24) is 9.88 Å². The third kappa shape index (κ3) is 5.11. The van der Waals surface area contributed by atoms with Crippen LogP contribution in [0, 0.1) is 0 Å². The van der Waals surface area contributed by atoms with Crippen molar-refractivity contribution >= 4 is 17.4 Å². The third-order valence-electron chi connectivity index (χ3n) is 4.94. The molecule has 1 amide bonds. The number of amides is 1. The van der Waals surface area contributed by atoms with Crippen molar-refractivity contribution in [3.05, 3.63) is 65.5 Å². The first kappa shape index (κ1) is 22.5.